The second-order valence-corrected chi connectivity index (χ2v) is 5.53. The number of hydrogen-bond acceptors (Lipinski definition) is 5. The maximum Gasteiger partial charge on any atom is 0.678 e. The summed E-state index contributed by atoms with van der Waals surface area (Å²) in [6.45, 7) is 0. The first kappa shape index (κ1) is 12.3. The summed E-state index contributed by atoms with van der Waals surface area (Å²) in [4.78, 5) is 20.8. The van der Waals surface area contributed by atoms with Crippen LogP contribution >= 0.6 is 7.44 Å². The van der Waals surface area contributed by atoms with Gasteiger partial charge in [0.25, 0.3) is 0 Å². The SMILES string of the molecule is O=[N+]([O-])P(=O)(CCc1ccccc1)[N+](=O)[O-]. The van der Waals surface area contributed by atoms with Crippen molar-refractivity contribution in [3.8, 4) is 0 Å². The number of hydrogen-bond donors (Lipinski definition) is 0. The molecule has 86 valence electrons. The van der Waals surface area contributed by atoms with Crippen LogP contribution in [0.2, 0.25) is 0 Å². The van der Waals surface area contributed by atoms with E-state index in [4.69, 9.17) is 0 Å². The molecule has 1 rings (SSSR count). The Hall–Kier alpha value is -1.75. The summed E-state index contributed by atoms with van der Waals surface area (Å²) in [7, 11) is -4.58. The monoisotopic (exact) mass is 244 g/mol. The molecular weight excluding hydrogens is 235 g/mol. The van der Waals surface area contributed by atoms with E-state index >= 15 is 0 Å². The molecule has 0 unspecified atom stereocenters. The zero-order chi connectivity index (χ0) is 12.2. The summed E-state index contributed by atoms with van der Waals surface area (Å²) in [6.07, 6.45) is -0.503. The van der Waals surface area contributed by atoms with E-state index in [1.54, 1.807) is 30.3 Å². The van der Waals surface area contributed by atoms with E-state index in [0.29, 0.717) is 5.56 Å². The van der Waals surface area contributed by atoms with Crippen molar-refractivity contribution in [3.63, 3.8) is 0 Å². The van der Waals surface area contributed by atoms with Gasteiger partial charge in [-0.15, -0.1) is 0 Å². The number of aryl methyl sites for hydroxylation is 1. The van der Waals surface area contributed by atoms with Gasteiger partial charge in [-0.05, 0) is 12.0 Å². The van der Waals surface area contributed by atoms with Crippen molar-refractivity contribution >= 4 is 7.44 Å². The molecule has 0 aromatic heterocycles. The lowest BCUT2D eigenvalue weighted by atomic mass is 10.2. The van der Waals surface area contributed by atoms with Crippen molar-refractivity contribution in [1.29, 1.82) is 0 Å². The fourth-order valence-electron chi connectivity index (χ4n) is 1.14. The van der Waals surface area contributed by atoms with Crippen LogP contribution in [0, 0.1) is 20.2 Å². The van der Waals surface area contributed by atoms with E-state index in [0.717, 1.165) is 0 Å². The third kappa shape index (κ3) is 2.64. The van der Waals surface area contributed by atoms with Crippen LogP contribution in [0.3, 0.4) is 0 Å². The van der Waals surface area contributed by atoms with E-state index in [1.807, 2.05) is 0 Å². The van der Waals surface area contributed by atoms with Gasteiger partial charge in [0.1, 0.15) is 15.5 Å². The summed E-state index contributed by atoms with van der Waals surface area (Å²) in [5.41, 5.74) is 0.687. The molecule has 1 aromatic rings. The van der Waals surface area contributed by atoms with Crippen LogP contribution in [0.1, 0.15) is 5.56 Å². The summed E-state index contributed by atoms with van der Waals surface area (Å²) >= 11 is 0. The van der Waals surface area contributed by atoms with Gasteiger partial charge >= 0.3 is 7.44 Å². The number of benzene rings is 1. The lowest BCUT2D eigenvalue weighted by Gasteiger charge is -2.01. The maximum absolute atomic E-state index is 11.4. The van der Waals surface area contributed by atoms with Crippen molar-refractivity contribution in [2.45, 2.75) is 6.42 Å². The smallest absolute Gasteiger partial charge is 0.256 e. The van der Waals surface area contributed by atoms with E-state index in [-0.39, 0.29) is 6.42 Å². The summed E-state index contributed by atoms with van der Waals surface area (Å²) < 4.78 is 8.82. The summed E-state index contributed by atoms with van der Waals surface area (Å²) in [6, 6.07) is 8.51. The van der Waals surface area contributed by atoms with Crippen LogP contribution < -0.4 is 0 Å². The van der Waals surface area contributed by atoms with Crippen LogP contribution in [0.4, 0.5) is 0 Å². The summed E-state index contributed by atoms with van der Waals surface area (Å²) in [5, 5.41) is 20.8. The van der Waals surface area contributed by atoms with Gasteiger partial charge in [-0.3, -0.25) is 20.2 Å². The molecule has 8 heteroatoms. The van der Waals surface area contributed by atoms with Crippen molar-refractivity contribution in [2.75, 3.05) is 6.16 Å². The highest BCUT2D eigenvalue weighted by Gasteiger charge is 2.50. The van der Waals surface area contributed by atoms with Crippen LogP contribution in [0.5, 0.6) is 0 Å². The van der Waals surface area contributed by atoms with Gasteiger partial charge in [0.05, 0.1) is 0 Å². The fourth-order valence-corrected chi connectivity index (χ4v) is 2.14. The molecule has 0 heterocycles. The van der Waals surface area contributed by atoms with Crippen LogP contribution in [-0.2, 0) is 11.0 Å². The minimum atomic E-state index is -4.58. The molecule has 0 aliphatic heterocycles. The molecule has 0 bridgehead atoms. The Morgan fingerprint density at radius 1 is 1.06 bits per heavy atom. The molecule has 0 amide bonds. The lowest BCUT2D eigenvalue weighted by molar-refractivity contribution is -0.438. The Balaban J connectivity index is 2.77. The van der Waals surface area contributed by atoms with Gasteiger partial charge in [0, 0.05) is 0 Å². The quantitative estimate of drug-likeness (QED) is 0.447. The van der Waals surface area contributed by atoms with Gasteiger partial charge < -0.3 is 0 Å². The van der Waals surface area contributed by atoms with Crippen LogP contribution in [0.15, 0.2) is 30.3 Å². The van der Waals surface area contributed by atoms with E-state index < -0.39 is 23.0 Å². The van der Waals surface area contributed by atoms with Crippen molar-refractivity contribution in [2.24, 2.45) is 0 Å². The molecule has 0 aliphatic carbocycles. The Bertz CT molecular complexity index is 429. The number of rotatable bonds is 5. The zero-order valence-corrected chi connectivity index (χ0v) is 9.08. The van der Waals surface area contributed by atoms with Crippen molar-refractivity contribution in [3.05, 3.63) is 56.1 Å². The summed E-state index contributed by atoms with van der Waals surface area (Å²) in [5.74, 6) is 0. The third-order valence-electron chi connectivity index (χ3n) is 2.04. The molecule has 0 N–H and O–H groups in total. The molecule has 0 fully saturated rings. The zero-order valence-electron chi connectivity index (χ0n) is 8.18. The van der Waals surface area contributed by atoms with E-state index in [9.17, 15) is 24.8 Å². The first-order chi connectivity index (χ1) is 7.47. The molecule has 0 saturated heterocycles. The highest BCUT2D eigenvalue weighted by molar-refractivity contribution is 7.51. The largest absolute Gasteiger partial charge is 0.678 e. The number of nitrogens with zero attached hydrogens (tertiary/aromatic N) is 2. The molecule has 1 aromatic carbocycles. The highest BCUT2D eigenvalue weighted by atomic mass is 31.2. The Kier molecular flexibility index (Phi) is 3.73. The molecule has 0 aliphatic rings. The number of nitro groups is 2. The Morgan fingerprint density at radius 2 is 1.56 bits per heavy atom. The van der Waals surface area contributed by atoms with Gasteiger partial charge in [-0.1, -0.05) is 30.3 Å². The topological polar surface area (TPSA) is 103 Å². The Morgan fingerprint density at radius 3 is 2.00 bits per heavy atom. The van der Waals surface area contributed by atoms with Crippen LogP contribution in [0.25, 0.3) is 0 Å². The first-order valence-electron chi connectivity index (χ1n) is 4.39. The van der Waals surface area contributed by atoms with Gasteiger partial charge in [-0.25, -0.2) is 0 Å². The standard InChI is InChI=1S/C8H9N2O5P/c11-9(12)16(15,10(13)14)7-6-8-4-2-1-3-5-8/h1-5H,6-7H2. The second kappa shape index (κ2) is 4.85. The predicted octanol–water partition coefficient (Wildman–Crippen LogP) is 1.98. The van der Waals surface area contributed by atoms with Crippen LogP contribution in [-0.4, -0.2) is 15.5 Å². The average molecular weight is 244 g/mol. The van der Waals surface area contributed by atoms with Gasteiger partial charge in [0.2, 0.25) is 0 Å². The molecular formula is C8H9N2O5P. The molecule has 0 atom stereocenters. The second-order valence-electron chi connectivity index (χ2n) is 3.10. The lowest BCUT2D eigenvalue weighted by Crippen LogP contribution is -2.11. The molecule has 0 radical (unpaired) electrons. The minimum Gasteiger partial charge on any atom is -0.256 e. The van der Waals surface area contributed by atoms with E-state index in [2.05, 4.69) is 0 Å². The fraction of sp³-hybridized carbons (Fsp3) is 0.250. The minimum absolute atomic E-state index is 0.0556. The first-order valence-corrected chi connectivity index (χ1v) is 6.19. The van der Waals surface area contributed by atoms with Crippen molar-refractivity contribution < 1.29 is 14.0 Å². The maximum atomic E-state index is 11.4. The predicted molar refractivity (Wildman–Crippen MR) is 56.6 cm³/mol. The molecule has 16 heavy (non-hydrogen) atoms. The normalized spacial score (nSPS) is 11.0. The van der Waals surface area contributed by atoms with Crippen molar-refractivity contribution in [1.82, 2.24) is 0 Å². The molecule has 0 saturated carbocycles. The van der Waals surface area contributed by atoms with Gasteiger partial charge in [0.15, 0.2) is 0 Å². The van der Waals surface area contributed by atoms with E-state index in [1.165, 1.54) is 0 Å². The highest BCUT2D eigenvalue weighted by Crippen LogP contribution is 2.45. The molecule has 0 spiro atoms. The third-order valence-corrected chi connectivity index (χ3v) is 3.87. The Labute approximate surface area is 90.9 Å². The average Bonchev–Trinajstić information content (AvgIpc) is 2.26. The van der Waals surface area contributed by atoms with Gasteiger partial charge in [-0.2, -0.15) is 4.57 Å². The molecule has 7 nitrogen and oxygen atoms in total.